The molecule has 0 unspecified atom stereocenters. The lowest BCUT2D eigenvalue weighted by atomic mass is 10.0. The Morgan fingerprint density at radius 1 is 1.26 bits per heavy atom. The highest BCUT2D eigenvalue weighted by molar-refractivity contribution is 5.68. The van der Waals surface area contributed by atoms with Gasteiger partial charge in [-0.05, 0) is 38.5 Å². The molecule has 0 aliphatic heterocycles. The highest BCUT2D eigenvalue weighted by Gasteiger charge is 2.12. The number of aryl methyl sites for hydroxylation is 3. The van der Waals surface area contributed by atoms with Gasteiger partial charge in [-0.25, -0.2) is 0 Å². The van der Waals surface area contributed by atoms with E-state index in [1.165, 1.54) is 6.42 Å². The van der Waals surface area contributed by atoms with Crippen molar-refractivity contribution in [3.63, 3.8) is 0 Å². The monoisotopic (exact) mass is 258 g/mol. The van der Waals surface area contributed by atoms with Gasteiger partial charge in [-0.1, -0.05) is 32.0 Å². The molecule has 2 aromatic heterocycles. The number of rotatable bonds is 2. The molecule has 3 nitrogen and oxygen atoms in total. The summed E-state index contributed by atoms with van der Waals surface area (Å²) in [6, 6.07) is 2.08. The van der Waals surface area contributed by atoms with E-state index in [1.807, 2.05) is 27.0 Å². The molecule has 0 spiro atoms. The molecule has 19 heavy (non-hydrogen) atoms. The molecule has 0 aliphatic rings. The zero-order chi connectivity index (χ0) is 14.4. The molecule has 0 aromatic carbocycles. The van der Waals surface area contributed by atoms with Crippen LogP contribution >= 0.6 is 0 Å². The summed E-state index contributed by atoms with van der Waals surface area (Å²) in [6.07, 6.45) is 4.84. The van der Waals surface area contributed by atoms with Crippen molar-refractivity contribution in [2.24, 2.45) is 0 Å². The average molecular weight is 258 g/mol. The molecule has 0 saturated carbocycles. The fraction of sp³-hybridized carbons (Fsp3) is 0.375. The molecular formula is C16H22N2O. The van der Waals surface area contributed by atoms with Crippen LogP contribution in [0.2, 0.25) is 0 Å². The Bertz CT molecular complexity index is 536. The van der Waals surface area contributed by atoms with Crippen molar-refractivity contribution in [2.75, 3.05) is 0 Å². The summed E-state index contributed by atoms with van der Waals surface area (Å²) >= 11 is 0. The first-order valence-corrected chi connectivity index (χ1v) is 6.57. The smallest absolute Gasteiger partial charge is 0.141 e. The second kappa shape index (κ2) is 6.88. The van der Waals surface area contributed by atoms with Gasteiger partial charge >= 0.3 is 0 Å². The third kappa shape index (κ3) is 3.53. The van der Waals surface area contributed by atoms with Gasteiger partial charge in [-0.2, -0.15) is 0 Å². The predicted octanol–water partition coefficient (Wildman–Crippen LogP) is 4.72. The minimum Gasteiger partial charge on any atom is -0.361 e. The van der Waals surface area contributed by atoms with Crippen molar-refractivity contribution in [3.05, 3.63) is 41.6 Å². The van der Waals surface area contributed by atoms with Crippen LogP contribution in [0, 0.1) is 20.8 Å². The summed E-state index contributed by atoms with van der Waals surface area (Å²) in [4.78, 5) is 4.35. The third-order valence-electron chi connectivity index (χ3n) is 2.63. The maximum absolute atomic E-state index is 5.15. The van der Waals surface area contributed by atoms with Gasteiger partial charge in [0.15, 0.2) is 0 Å². The maximum atomic E-state index is 5.15. The molecule has 0 fully saturated rings. The van der Waals surface area contributed by atoms with Crippen LogP contribution in [-0.2, 0) is 0 Å². The van der Waals surface area contributed by atoms with Gasteiger partial charge in [0.05, 0.1) is 11.4 Å². The van der Waals surface area contributed by atoms with Gasteiger partial charge in [0.25, 0.3) is 0 Å². The van der Waals surface area contributed by atoms with Gasteiger partial charge in [-0.15, -0.1) is 0 Å². The molecule has 0 aliphatic carbocycles. The van der Waals surface area contributed by atoms with Crippen molar-refractivity contribution >= 4 is 6.08 Å². The van der Waals surface area contributed by atoms with Crippen molar-refractivity contribution in [1.82, 2.24) is 10.1 Å². The van der Waals surface area contributed by atoms with Crippen LogP contribution in [-0.4, -0.2) is 10.1 Å². The van der Waals surface area contributed by atoms with E-state index in [0.29, 0.717) is 0 Å². The Balaban J connectivity index is 0.000000550. The molecule has 2 aromatic rings. The molecule has 0 atom stereocenters. The van der Waals surface area contributed by atoms with Crippen LogP contribution in [0.15, 0.2) is 23.4 Å². The Morgan fingerprint density at radius 2 is 1.89 bits per heavy atom. The van der Waals surface area contributed by atoms with Gasteiger partial charge < -0.3 is 4.52 Å². The predicted molar refractivity (Wildman–Crippen MR) is 80.0 cm³/mol. The number of hydrogen-bond acceptors (Lipinski definition) is 3. The lowest BCUT2D eigenvalue weighted by molar-refractivity contribution is 0.393. The fourth-order valence-corrected chi connectivity index (χ4v) is 1.83. The van der Waals surface area contributed by atoms with E-state index in [9.17, 15) is 0 Å². The summed E-state index contributed by atoms with van der Waals surface area (Å²) < 4.78 is 5.15. The van der Waals surface area contributed by atoms with Crippen molar-refractivity contribution in [3.8, 4) is 11.1 Å². The lowest BCUT2D eigenvalue weighted by Crippen LogP contribution is -1.89. The molecule has 0 radical (unpaired) electrons. The van der Waals surface area contributed by atoms with Gasteiger partial charge in [0.1, 0.15) is 5.76 Å². The number of hydrogen-bond donors (Lipinski definition) is 0. The molecule has 3 heteroatoms. The summed E-state index contributed by atoms with van der Waals surface area (Å²) in [5.74, 6) is 0.824. The minimum atomic E-state index is 0.824. The normalized spacial score (nSPS) is 9.74. The molecule has 102 valence electrons. The Hall–Kier alpha value is -1.90. The first-order chi connectivity index (χ1) is 9.04. The van der Waals surface area contributed by atoms with Gasteiger partial charge in [-0.3, -0.25) is 4.98 Å². The number of pyridine rings is 1. The zero-order valence-corrected chi connectivity index (χ0v) is 12.4. The Labute approximate surface area is 115 Å². The van der Waals surface area contributed by atoms with E-state index in [2.05, 4.69) is 36.6 Å². The van der Waals surface area contributed by atoms with Crippen LogP contribution in [0.25, 0.3) is 17.2 Å². The standard InChI is InChI=1S/C13H14N2O.C3H8/c1-5-12-8(2)6-11(7-14-12)13-9(3)15-16-10(13)4;1-3-2/h5-7H,1H2,2-4H3;3H2,1-2H3. The van der Waals surface area contributed by atoms with Crippen molar-refractivity contribution in [2.45, 2.75) is 41.0 Å². The van der Waals surface area contributed by atoms with E-state index in [-0.39, 0.29) is 0 Å². The second-order valence-electron chi connectivity index (χ2n) is 4.54. The van der Waals surface area contributed by atoms with Crippen molar-refractivity contribution < 1.29 is 4.52 Å². The second-order valence-corrected chi connectivity index (χ2v) is 4.54. The molecule has 2 heterocycles. The Morgan fingerprint density at radius 3 is 2.32 bits per heavy atom. The van der Waals surface area contributed by atoms with E-state index in [0.717, 1.165) is 33.8 Å². The summed E-state index contributed by atoms with van der Waals surface area (Å²) in [7, 11) is 0. The largest absolute Gasteiger partial charge is 0.361 e. The fourth-order valence-electron chi connectivity index (χ4n) is 1.83. The van der Waals surface area contributed by atoms with E-state index >= 15 is 0 Å². The highest BCUT2D eigenvalue weighted by atomic mass is 16.5. The van der Waals surface area contributed by atoms with Gasteiger partial charge in [0.2, 0.25) is 0 Å². The minimum absolute atomic E-state index is 0.824. The first-order valence-electron chi connectivity index (χ1n) is 6.57. The third-order valence-corrected chi connectivity index (χ3v) is 2.63. The molecule has 0 saturated heterocycles. The molecule has 0 bridgehead atoms. The number of aromatic nitrogens is 2. The average Bonchev–Trinajstić information content (AvgIpc) is 2.70. The summed E-state index contributed by atoms with van der Waals surface area (Å²) in [5.41, 5.74) is 4.98. The SMILES string of the molecule is C=Cc1ncc(-c2c(C)noc2C)cc1C.CCC. The topological polar surface area (TPSA) is 38.9 Å². The van der Waals surface area contributed by atoms with Crippen LogP contribution in [0.4, 0.5) is 0 Å². The zero-order valence-electron chi connectivity index (χ0n) is 12.4. The molecule has 0 amide bonds. The first kappa shape index (κ1) is 15.2. The maximum Gasteiger partial charge on any atom is 0.141 e. The summed E-state index contributed by atoms with van der Waals surface area (Å²) in [6.45, 7) is 13.8. The van der Waals surface area contributed by atoms with Crippen LogP contribution < -0.4 is 0 Å². The van der Waals surface area contributed by atoms with Gasteiger partial charge in [0, 0.05) is 17.3 Å². The Kier molecular flexibility index (Phi) is 5.49. The summed E-state index contributed by atoms with van der Waals surface area (Å²) in [5, 5.41) is 3.94. The van der Waals surface area contributed by atoms with Crippen molar-refractivity contribution in [1.29, 1.82) is 0 Å². The quantitative estimate of drug-likeness (QED) is 0.782. The van der Waals surface area contributed by atoms with Crippen LogP contribution in [0.1, 0.15) is 43.0 Å². The van der Waals surface area contributed by atoms with E-state index in [4.69, 9.17) is 4.52 Å². The van der Waals surface area contributed by atoms with Crippen LogP contribution in [0.5, 0.6) is 0 Å². The lowest BCUT2D eigenvalue weighted by Gasteiger charge is -2.04. The molecule has 2 rings (SSSR count). The van der Waals surface area contributed by atoms with E-state index in [1.54, 1.807) is 6.08 Å². The number of nitrogens with zero attached hydrogens (tertiary/aromatic N) is 2. The molecular weight excluding hydrogens is 236 g/mol. The molecule has 0 N–H and O–H groups in total. The highest BCUT2D eigenvalue weighted by Crippen LogP contribution is 2.27. The van der Waals surface area contributed by atoms with E-state index < -0.39 is 0 Å². The van der Waals surface area contributed by atoms with Crippen LogP contribution in [0.3, 0.4) is 0 Å².